The maximum Gasteiger partial charge on any atom is 0.0491 e. The molecule has 0 spiro atoms. The summed E-state index contributed by atoms with van der Waals surface area (Å²) in [4.78, 5) is 0. The quantitative estimate of drug-likeness (QED) is 0.647. The van der Waals surface area contributed by atoms with Gasteiger partial charge in [0.15, 0.2) is 0 Å². The summed E-state index contributed by atoms with van der Waals surface area (Å²) in [7, 11) is 0. The molecule has 3 nitrogen and oxygen atoms in total. The van der Waals surface area contributed by atoms with E-state index in [2.05, 4.69) is 46.4 Å². The minimum atomic E-state index is 0.223. The summed E-state index contributed by atoms with van der Waals surface area (Å²) in [5, 5.41) is 14.3. The molecule has 0 unspecified atom stereocenters. The van der Waals surface area contributed by atoms with Gasteiger partial charge < -0.3 is 15.0 Å². The van der Waals surface area contributed by atoms with Crippen molar-refractivity contribution in [2.75, 3.05) is 13.2 Å². The summed E-state index contributed by atoms with van der Waals surface area (Å²) in [6, 6.07) is 16.4. The van der Waals surface area contributed by atoms with Crippen LogP contribution in [0.4, 0.5) is 0 Å². The van der Waals surface area contributed by atoms with Gasteiger partial charge in [0.05, 0.1) is 0 Å². The molecule has 2 aromatic carbocycles. The zero-order valence-electron chi connectivity index (χ0n) is 13.0. The van der Waals surface area contributed by atoms with Crippen LogP contribution in [0.3, 0.4) is 0 Å². The molecule has 4 heteroatoms. The van der Waals surface area contributed by atoms with Crippen molar-refractivity contribution in [3.05, 3.63) is 70.9 Å². The van der Waals surface area contributed by atoms with Crippen molar-refractivity contribution in [1.82, 2.24) is 9.88 Å². The van der Waals surface area contributed by atoms with Crippen LogP contribution in [-0.4, -0.2) is 22.8 Å². The van der Waals surface area contributed by atoms with Crippen LogP contribution >= 0.6 is 11.6 Å². The first-order chi connectivity index (χ1) is 11.3. The number of nitrogens with zero attached hydrogens (tertiary/aromatic N) is 1. The second kappa shape index (κ2) is 7.64. The van der Waals surface area contributed by atoms with Gasteiger partial charge in [-0.3, -0.25) is 0 Å². The Balaban J connectivity index is 1.87. The smallest absolute Gasteiger partial charge is 0.0491 e. The molecule has 0 aliphatic rings. The Kier molecular flexibility index (Phi) is 5.34. The van der Waals surface area contributed by atoms with E-state index in [-0.39, 0.29) is 6.61 Å². The maximum atomic E-state index is 8.87. The molecular formula is C19H21ClN2O. The molecule has 0 fully saturated rings. The number of aromatic nitrogens is 1. The standard InChI is InChI=1S/C19H21ClN2O/c20-18-8-3-1-6-15(18)13-22-14-16(12-21-10-5-11-23)17-7-2-4-9-19(17)22/h1-4,6-9,14,21,23H,5,10-13H2. The van der Waals surface area contributed by atoms with Crippen molar-refractivity contribution in [1.29, 1.82) is 0 Å². The molecule has 0 saturated heterocycles. The van der Waals surface area contributed by atoms with Crippen LogP contribution in [0, 0.1) is 0 Å². The van der Waals surface area contributed by atoms with Crippen molar-refractivity contribution >= 4 is 22.5 Å². The lowest BCUT2D eigenvalue weighted by Gasteiger charge is -2.07. The molecule has 0 bridgehead atoms. The van der Waals surface area contributed by atoms with E-state index in [1.165, 1.54) is 16.5 Å². The van der Waals surface area contributed by atoms with Crippen LogP contribution in [0.25, 0.3) is 10.9 Å². The molecule has 0 radical (unpaired) electrons. The number of rotatable bonds is 7. The zero-order valence-corrected chi connectivity index (χ0v) is 13.8. The molecule has 3 aromatic rings. The Morgan fingerprint density at radius 2 is 1.78 bits per heavy atom. The van der Waals surface area contributed by atoms with E-state index in [0.29, 0.717) is 0 Å². The number of aliphatic hydroxyl groups is 1. The van der Waals surface area contributed by atoms with Gasteiger partial charge >= 0.3 is 0 Å². The minimum Gasteiger partial charge on any atom is -0.396 e. The first kappa shape index (κ1) is 16.1. The van der Waals surface area contributed by atoms with Crippen LogP contribution in [0.2, 0.25) is 5.02 Å². The second-order valence-electron chi connectivity index (χ2n) is 5.64. The van der Waals surface area contributed by atoms with E-state index in [0.717, 1.165) is 36.6 Å². The normalized spacial score (nSPS) is 11.2. The molecule has 2 N–H and O–H groups in total. The predicted octanol–water partition coefficient (Wildman–Crippen LogP) is 3.82. The molecule has 0 aliphatic heterocycles. The molecule has 0 saturated carbocycles. The number of hydrogen-bond donors (Lipinski definition) is 2. The fraction of sp³-hybridized carbons (Fsp3) is 0.263. The maximum absolute atomic E-state index is 8.87. The minimum absolute atomic E-state index is 0.223. The third-order valence-electron chi connectivity index (χ3n) is 4.00. The highest BCUT2D eigenvalue weighted by Crippen LogP contribution is 2.24. The first-order valence-electron chi connectivity index (χ1n) is 7.91. The van der Waals surface area contributed by atoms with Gasteiger partial charge in [-0.2, -0.15) is 0 Å². The monoisotopic (exact) mass is 328 g/mol. The summed E-state index contributed by atoms with van der Waals surface area (Å²) < 4.78 is 2.25. The van der Waals surface area contributed by atoms with Gasteiger partial charge in [0, 0.05) is 41.8 Å². The van der Waals surface area contributed by atoms with Gasteiger partial charge in [-0.1, -0.05) is 48.0 Å². The van der Waals surface area contributed by atoms with Gasteiger partial charge in [0.2, 0.25) is 0 Å². The van der Waals surface area contributed by atoms with Crippen molar-refractivity contribution < 1.29 is 5.11 Å². The lowest BCUT2D eigenvalue weighted by atomic mass is 10.2. The summed E-state index contributed by atoms with van der Waals surface area (Å²) in [5.41, 5.74) is 3.60. The van der Waals surface area contributed by atoms with Gasteiger partial charge in [0.25, 0.3) is 0 Å². The fourth-order valence-corrected chi connectivity index (χ4v) is 3.03. The van der Waals surface area contributed by atoms with E-state index < -0.39 is 0 Å². The van der Waals surface area contributed by atoms with Gasteiger partial charge in [-0.15, -0.1) is 0 Å². The van der Waals surface area contributed by atoms with Crippen molar-refractivity contribution in [3.63, 3.8) is 0 Å². The average Bonchev–Trinajstić information content (AvgIpc) is 2.92. The van der Waals surface area contributed by atoms with Crippen LogP contribution in [0.5, 0.6) is 0 Å². The highest BCUT2D eigenvalue weighted by Gasteiger charge is 2.09. The molecule has 23 heavy (non-hydrogen) atoms. The highest BCUT2D eigenvalue weighted by atomic mass is 35.5. The van der Waals surface area contributed by atoms with E-state index >= 15 is 0 Å². The Bertz CT molecular complexity index is 782. The van der Waals surface area contributed by atoms with E-state index in [1.807, 2.05) is 18.2 Å². The summed E-state index contributed by atoms with van der Waals surface area (Å²) in [6.45, 7) is 2.61. The topological polar surface area (TPSA) is 37.2 Å². The number of nitrogens with one attached hydrogen (secondary N) is 1. The number of para-hydroxylation sites is 1. The summed E-state index contributed by atoms with van der Waals surface area (Å²) in [6.07, 6.45) is 2.97. The molecule has 0 amide bonds. The fourth-order valence-electron chi connectivity index (χ4n) is 2.83. The average molecular weight is 329 g/mol. The number of benzene rings is 2. The second-order valence-corrected chi connectivity index (χ2v) is 6.05. The molecular weight excluding hydrogens is 308 g/mol. The Labute approximate surface area is 141 Å². The lowest BCUT2D eigenvalue weighted by Crippen LogP contribution is -2.15. The Hall–Kier alpha value is -1.81. The van der Waals surface area contributed by atoms with Crippen LogP contribution in [0.1, 0.15) is 17.5 Å². The Morgan fingerprint density at radius 1 is 1.00 bits per heavy atom. The SMILES string of the molecule is OCCCNCc1cn(Cc2ccccc2Cl)c2ccccc12. The lowest BCUT2D eigenvalue weighted by molar-refractivity contribution is 0.286. The van der Waals surface area contributed by atoms with Crippen LogP contribution in [0.15, 0.2) is 54.7 Å². The predicted molar refractivity (Wildman–Crippen MR) is 95.9 cm³/mol. The third kappa shape index (κ3) is 3.75. The van der Waals surface area contributed by atoms with Gasteiger partial charge in [-0.25, -0.2) is 0 Å². The molecule has 1 aromatic heterocycles. The van der Waals surface area contributed by atoms with E-state index in [9.17, 15) is 0 Å². The number of aliphatic hydroxyl groups excluding tert-OH is 1. The van der Waals surface area contributed by atoms with E-state index in [1.54, 1.807) is 0 Å². The molecule has 3 rings (SSSR count). The van der Waals surface area contributed by atoms with Gasteiger partial charge in [0.1, 0.15) is 0 Å². The molecule has 1 heterocycles. The Morgan fingerprint density at radius 3 is 2.61 bits per heavy atom. The number of halogens is 1. The first-order valence-corrected chi connectivity index (χ1v) is 8.29. The molecule has 0 atom stereocenters. The number of hydrogen-bond acceptors (Lipinski definition) is 2. The number of fused-ring (bicyclic) bond motifs is 1. The summed E-state index contributed by atoms with van der Waals surface area (Å²) in [5.74, 6) is 0. The van der Waals surface area contributed by atoms with Crippen molar-refractivity contribution in [2.45, 2.75) is 19.5 Å². The zero-order chi connectivity index (χ0) is 16.1. The third-order valence-corrected chi connectivity index (χ3v) is 4.37. The van der Waals surface area contributed by atoms with Crippen molar-refractivity contribution in [3.8, 4) is 0 Å². The highest BCUT2D eigenvalue weighted by molar-refractivity contribution is 6.31. The summed E-state index contributed by atoms with van der Waals surface area (Å²) >= 11 is 6.30. The van der Waals surface area contributed by atoms with Gasteiger partial charge in [-0.05, 0) is 36.2 Å². The molecule has 0 aliphatic carbocycles. The van der Waals surface area contributed by atoms with Crippen LogP contribution < -0.4 is 5.32 Å². The van der Waals surface area contributed by atoms with Crippen LogP contribution in [-0.2, 0) is 13.1 Å². The van der Waals surface area contributed by atoms with E-state index in [4.69, 9.17) is 16.7 Å². The molecule has 120 valence electrons. The van der Waals surface area contributed by atoms with Crippen molar-refractivity contribution in [2.24, 2.45) is 0 Å². The largest absolute Gasteiger partial charge is 0.396 e.